The van der Waals surface area contributed by atoms with Crippen LogP contribution in [-0.4, -0.2) is 13.4 Å². The highest BCUT2D eigenvalue weighted by Crippen LogP contribution is 1.94. The topological polar surface area (TPSA) is 18.5 Å². The molecule has 0 N–H and O–H groups in total. The van der Waals surface area contributed by atoms with Gasteiger partial charge in [-0.05, 0) is 4.53 Å². The largest absolute Gasteiger partial charge is 0.344 e. The maximum atomic E-state index is 11.1. The fraction of sp³-hybridized carbons (Fsp3) is 1.00. The number of alkyl halides is 2. The molecule has 0 aliphatic rings. The standard InChI is InChI=1S/C2H3F3O2/c3-1-6-2(4)7-5/h2H,1H2. The molecule has 0 fully saturated rings. The van der Waals surface area contributed by atoms with Crippen molar-refractivity contribution in [2.75, 3.05) is 6.86 Å². The Balaban J connectivity index is 2.83. The second-order valence-corrected chi connectivity index (χ2v) is 0.639. The molecule has 0 aromatic rings. The predicted molar refractivity (Wildman–Crippen MR) is 14.1 cm³/mol. The molecule has 0 spiro atoms. The Morgan fingerprint density at radius 1 is 1.57 bits per heavy atom. The van der Waals surface area contributed by atoms with E-state index in [1.54, 1.807) is 0 Å². The number of hydrogen-bond donors (Lipinski definition) is 0. The predicted octanol–water partition coefficient (Wildman–Crippen LogP) is 1.08. The molecular weight excluding hydrogens is 113 g/mol. The first-order chi connectivity index (χ1) is 3.31. The van der Waals surface area contributed by atoms with Gasteiger partial charge in [-0.15, -0.1) is 4.94 Å². The molecular formula is C2H3F3O2. The van der Waals surface area contributed by atoms with Crippen molar-refractivity contribution in [2.24, 2.45) is 0 Å². The van der Waals surface area contributed by atoms with Crippen molar-refractivity contribution in [3.8, 4) is 0 Å². The Kier molecular flexibility index (Phi) is 3.72. The average Bonchev–Trinajstić information content (AvgIpc) is 1.68. The molecule has 0 bridgehead atoms. The van der Waals surface area contributed by atoms with Crippen LogP contribution in [0.25, 0.3) is 0 Å². The van der Waals surface area contributed by atoms with E-state index in [0.29, 0.717) is 0 Å². The van der Waals surface area contributed by atoms with Crippen LogP contribution in [0.4, 0.5) is 13.3 Å². The van der Waals surface area contributed by atoms with Crippen LogP contribution in [0.15, 0.2) is 0 Å². The monoisotopic (exact) mass is 116 g/mol. The van der Waals surface area contributed by atoms with E-state index in [2.05, 4.69) is 9.68 Å². The smallest absolute Gasteiger partial charge is 0.292 e. The third-order valence-corrected chi connectivity index (χ3v) is 0.264. The molecule has 0 aromatic carbocycles. The van der Waals surface area contributed by atoms with Crippen LogP contribution in [0.3, 0.4) is 0 Å². The molecule has 2 nitrogen and oxygen atoms in total. The highest BCUT2D eigenvalue weighted by Gasteiger charge is 2.03. The van der Waals surface area contributed by atoms with Crippen LogP contribution in [0, 0.1) is 0 Å². The average molecular weight is 116 g/mol. The van der Waals surface area contributed by atoms with Crippen LogP contribution in [0.2, 0.25) is 0 Å². The molecule has 44 valence electrons. The van der Waals surface area contributed by atoms with E-state index in [0.717, 1.165) is 0 Å². The van der Waals surface area contributed by atoms with Gasteiger partial charge in [0.05, 0.1) is 0 Å². The van der Waals surface area contributed by atoms with Crippen LogP contribution < -0.4 is 0 Å². The van der Waals surface area contributed by atoms with Crippen LogP contribution in [-0.2, 0) is 9.68 Å². The molecule has 0 saturated carbocycles. The minimum atomic E-state index is -2.59. The summed E-state index contributed by atoms with van der Waals surface area (Å²) < 4.78 is 35.5. The van der Waals surface area contributed by atoms with E-state index in [9.17, 15) is 13.3 Å². The Morgan fingerprint density at radius 3 is 2.29 bits per heavy atom. The number of rotatable bonds is 3. The van der Waals surface area contributed by atoms with E-state index in [1.807, 2.05) is 0 Å². The van der Waals surface area contributed by atoms with Crippen molar-refractivity contribution >= 4 is 0 Å². The number of ether oxygens (including phenoxy) is 1. The summed E-state index contributed by atoms with van der Waals surface area (Å²) in [5.41, 5.74) is 0. The maximum Gasteiger partial charge on any atom is 0.344 e. The number of halogens is 3. The van der Waals surface area contributed by atoms with E-state index < -0.39 is 13.4 Å². The molecule has 0 saturated heterocycles. The zero-order valence-corrected chi connectivity index (χ0v) is 3.23. The highest BCUT2D eigenvalue weighted by atomic mass is 19.3. The first-order valence-corrected chi connectivity index (χ1v) is 1.40. The van der Waals surface area contributed by atoms with Crippen molar-refractivity contribution in [2.45, 2.75) is 6.54 Å². The third kappa shape index (κ3) is 3.54. The lowest BCUT2D eigenvalue weighted by molar-refractivity contribution is -0.334. The first-order valence-electron chi connectivity index (χ1n) is 1.40. The van der Waals surface area contributed by atoms with Crippen molar-refractivity contribution < 1.29 is 23.0 Å². The van der Waals surface area contributed by atoms with Gasteiger partial charge in [-0.1, -0.05) is 0 Å². The summed E-state index contributed by atoms with van der Waals surface area (Å²) in [6.45, 7) is -3.99. The molecule has 1 unspecified atom stereocenters. The van der Waals surface area contributed by atoms with E-state index in [4.69, 9.17) is 0 Å². The van der Waals surface area contributed by atoms with Gasteiger partial charge in [-0.3, -0.25) is 4.74 Å². The van der Waals surface area contributed by atoms with Gasteiger partial charge in [0.25, 0.3) is 0 Å². The molecule has 0 aliphatic heterocycles. The fourth-order valence-electron chi connectivity index (χ4n) is 0.0752. The summed E-state index contributed by atoms with van der Waals surface area (Å²) in [7, 11) is 0. The highest BCUT2D eigenvalue weighted by molar-refractivity contribution is 4.01. The van der Waals surface area contributed by atoms with Gasteiger partial charge in [-0.25, -0.2) is 4.39 Å². The summed E-state index contributed by atoms with van der Waals surface area (Å²) in [4.78, 5) is 2.36. The van der Waals surface area contributed by atoms with Crippen molar-refractivity contribution in [1.82, 2.24) is 0 Å². The lowest BCUT2D eigenvalue weighted by Gasteiger charge is -1.96. The molecule has 0 radical (unpaired) electrons. The lowest BCUT2D eigenvalue weighted by Crippen LogP contribution is -2.04. The van der Waals surface area contributed by atoms with Gasteiger partial charge < -0.3 is 0 Å². The normalized spacial score (nSPS) is 14.1. The second-order valence-electron chi connectivity index (χ2n) is 0.639. The number of hydrogen-bond acceptors (Lipinski definition) is 2. The SMILES string of the molecule is FCOC(F)OF. The van der Waals surface area contributed by atoms with E-state index in [-0.39, 0.29) is 0 Å². The van der Waals surface area contributed by atoms with Gasteiger partial charge in [0.1, 0.15) is 0 Å². The second kappa shape index (κ2) is 3.89. The summed E-state index contributed by atoms with van der Waals surface area (Å²) >= 11 is 0. The van der Waals surface area contributed by atoms with Gasteiger partial charge >= 0.3 is 6.54 Å². The third-order valence-electron chi connectivity index (χ3n) is 0.264. The Labute approximate surface area is 37.7 Å². The van der Waals surface area contributed by atoms with Gasteiger partial charge in [0.2, 0.25) is 0 Å². The Hall–Kier alpha value is -0.290. The molecule has 7 heavy (non-hydrogen) atoms. The van der Waals surface area contributed by atoms with Gasteiger partial charge in [0.15, 0.2) is 6.86 Å². The van der Waals surface area contributed by atoms with Gasteiger partial charge in [0, 0.05) is 0 Å². The maximum absolute atomic E-state index is 11.1. The van der Waals surface area contributed by atoms with Crippen LogP contribution in [0.1, 0.15) is 0 Å². The zero-order valence-electron chi connectivity index (χ0n) is 3.23. The van der Waals surface area contributed by atoms with Crippen molar-refractivity contribution in [3.05, 3.63) is 0 Å². The van der Waals surface area contributed by atoms with Crippen molar-refractivity contribution in [3.63, 3.8) is 0 Å². The first kappa shape index (κ1) is 6.71. The van der Waals surface area contributed by atoms with Crippen molar-refractivity contribution in [1.29, 1.82) is 0 Å². The molecule has 0 heterocycles. The summed E-state index contributed by atoms with van der Waals surface area (Å²) in [5, 5.41) is 0. The minimum absolute atomic E-state index is 1.40. The summed E-state index contributed by atoms with van der Waals surface area (Å²) in [6.07, 6.45) is 0. The molecule has 0 amide bonds. The van der Waals surface area contributed by atoms with Gasteiger partial charge in [-0.2, -0.15) is 4.39 Å². The van der Waals surface area contributed by atoms with Crippen LogP contribution >= 0.6 is 0 Å². The molecule has 5 heteroatoms. The Morgan fingerprint density at radius 2 is 2.14 bits per heavy atom. The zero-order chi connectivity index (χ0) is 5.70. The quantitative estimate of drug-likeness (QED) is 0.513. The van der Waals surface area contributed by atoms with E-state index in [1.165, 1.54) is 0 Å². The molecule has 0 aliphatic carbocycles. The summed E-state index contributed by atoms with van der Waals surface area (Å²) in [5.74, 6) is 0. The van der Waals surface area contributed by atoms with Crippen LogP contribution in [0.5, 0.6) is 0 Å². The van der Waals surface area contributed by atoms with E-state index >= 15 is 0 Å². The molecule has 0 rings (SSSR count). The lowest BCUT2D eigenvalue weighted by atomic mass is 11.3. The summed E-state index contributed by atoms with van der Waals surface area (Å²) in [6, 6.07) is 0. The fourth-order valence-corrected chi connectivity index (χ4v) is 0.0752. The Bertz CT molecular complexity index is 41.9. The molecule has 1 atom stereocenters. The molecule has 0 aromatic heterocycles. The minimum Gasteiger partial charge on any atom is -0.292 e.